The number of rotatable bonds is 23. The second-order valence-corrected chi connectivity index (χ2v) is 19.8. The van der Waals surface area contributed by atoms with Gasteiger partial charge in [0.2, 0.25) is 11.8 Å². The molecule has 3 heterocycles. The van der Waals surface area contributed by atoms with Crippen molar-refractivity contribution in [2.75, 3.05) is 37.8 Å². The molecule has 1 fully saturated rings. The number of thioether (sulfide) groups is 1. The largest absolute Gasteiger partial charge is 0.481 e. The second kappa shape index (κ2) is 20.9. The third-order valence-electron chi connectivity index (χ3n) is 8.97. The van der Waals surface area contributed by atoms with E-state index in [0.717, 1.165) is 34.5 Å². The molecule has 8 atom stereocenters. The molecule has 3 aromatic rings. The first-order valence-electron chi connectivity index (χ1n) is 18.1. The molecular weight excluding hydrogens is 895 g/mol. The molecule has 8 unspecified atom stereocenters. The van der Waals surface area contributed by atoms with E-state index < -0.39 is 90.2 Å². The number of hydrogen-bond donors (Lipinski definition) is 10. The van der Waals surface area contributed by atoms with E-state index in [1.807, 2.05) is 30.3 Å². The molecule has 0 radical (unpaired) electrons. The Morgan fingerprint density at radius 2 is 1.69 bits per heavy atom. The molecule has 0 spiro atoms. The molecule has 0 saturated carbocycles. The lowest BCUT2D eigenvalue weighted by Crippen LogP contribution is -2.46. The van der Waals surface area contributed by atoms with Gasteiger partial charge in [-0.1, -0.05) is 55.9 Å². The highest BCUT2D eigenvalue weighted by molar-refractivity contribution is 8.13. The van der Waals surface area contributed by atoms with Gasteiger partial charge < -0.3 is 56.0 Å². The highest BCUT2D eigenvalue weighted by atomic mass is 32.2. The van der Waals surface area contributed by atoms with Gasteiger partial charge in [-0.25, -0.2) is 28.6 Å². The van der Waals surface area contributed by atoms with E-state index in [2.05, 4.69) is 29.9 Å². The Morgan fingerprint density at radius 1 is 1.02 bits per heavy atom. The highest BCUT2D eigenvalue weighted by Gasteiger charge is 2.57. The molecule has 340 valence electrons. The van der Waals surface area contributed by atoms with Gasteiger partial charge in [0.25, 0.3) is 0 Å². The summed E-state index contributed by atoms with van der Waals surface area (Å²) in [6.07, 6.45) is -6.18. The van der Waals surface area contributed by atoms with E-state index in [4.69, 9.17) is 24.0 Å². The van der Waals surface area contributed by atoms with Crippen molar-refractivity contribution in [3.8, 4) is 0 Å². The summed E-state index contributed by atoms with van der Waals surface area (Å²) in [7, 11) is -16.5. The number of carbonyl (C=O) groups is 3. The Hall–Kier alpha value is -3.26. The van der Waals surface area contributed by atoms with Crippen LogP contribution in [0.1, 0.15) is 39.2 Å². The van der Waals surface area contributed by atoms with Crippen LogP contribution in [0.2, 0.25) is 0 Å². The minimum Gasteiger partial charge on any atom is -0.392 e. The minimum atomic E-state index is -5.61. The van der Waals surface area contributed by atoms with Crippen molar-refractivity contribution in [1.29, 1.82) is 0 Å². The van der Waals surface area contributed by atoms with Crippen molar-refractivity contribution >= 4 is 69.1 Å². The van der Waals surface area contributed by atoms with Crippen LogP contribution in [0.25, 0.3) is 11.2 Å². The van der Waals surface area contributed by atoms with E-state index in [1.54, 1.807) is 0 Å². The van der Waals surface area contributed by atoms with Crippen molar-refractivity contribution in [3.63, 3.8) is 0 Å². The lowest BCUT2D eigenvalue weighted by atomic mass is 9.87. The summed E-state index contributed by atoms with van der Waals surface area (Å²) in [6.45, 7) is 1.55. The summed E-state index contributed by atoms with van der Waals surface area (Å²) >= 11 is 0.949. The number of nitrogens with two attached hydrogens (primary N) is 1. The zero-order valence-corrected chi connectivity index (χ0v) is 36.3. The van der Waals surface area contributed by atoms with E-state index in [1.165, 1.54) is 20.8 Å². The number of amides is 2. The fourth-order valence-corrected chi connectivity index (χ4v) is 9.38. The fraction of sp³-hybridized carbons (Fsp3) is 0.562. The van der Waals surface area contributed by atoms with Crippen LogP contribution in [0.5, 0.6) is 0 Å². The van der Waals surface area contributed by atoms with Crippen molar-refractivity contribution in [2.45, 2.75) is 76.3 Å². The molecule has 1 aliphatic rings. The van der Waals surface area contributed by atoms with Crippen LogP contribution in [0, 0.1) is 5.41 Å². The Morgan fingerprint density at radius 3 is 2.36 bits per heavy atom. The first-order valence-corrected chi connectivity index (χ1v) is 23.6. The van der Waals surface area contributed by atoms with E-state index in [0.29, 0.717) is 6.42 Å². The Kier molecular flexibility index (Phi) is 17.3. The minimum absolute atomic E-state index is 0.0131. The van der Waals surface area contributed by atoms with Crippen molar-refractivity contribution in [3.05, 3.63) is 48.5 Å². The van der Waals surface area contributed by atoms with Crippen LogP contribution in [0.3, 0.4) is 0 Å². The summed E-state index contributed by atoms with van der Waals surface area (Å²) in [4.78, 5) is 88.4. The Balaban J connectivity index is 1.21. The number of fused-ring (bicyclic) bond motifs is 1. The van der Waals surface area contributed by atoms with Crippen LogP contribution in [0.4, 0.5) is 5.82 Å². The lowest BCUT2D eigenvalue weighted by Gasteiger charge is -2.30. The number of phosphoric acid groups is 3. The number of nitrogens with one attached hydrogen (secondary N) is 2. The van der Waals surface area contributed by atoms with Crippen LogP contribution < -0.4 is 16.4 Å². The molecule has 2 aromatic heterocycles. The molecule has 4 rings (SSSR count). The summed E-state index contributed by atoms with van der Waals surface area (Å²) in [5.41, 5.74) is 3.16. The first kappa shape index (κ1) is 50.4. The number of carbonyl (C=O) groups excluding carboxylic acids is 3. The predicted octanol–water partition coefficient (Wildman–Crippen LogP) is -0.167. The number of imidazole rings is 1. The summed E-state index contributed by atoms with van der Waals surface area (Å²) in [5, 5.41) is 36.6. The maximum atomic E-state index is 12.8. The van der Waals surface area contributed by atoms with Gasteiger partial charge in [-0.15, -0.1) is 0 Å². The molecule has 61 heavy (non-hydrogen) atoms. The highest BCUT2D eigenvalue weighted by Crippen LogP contribution is 2.61. The van der Waals surface area contributed by atoms with Gasteiger partial charge in [-0.3, -0.25) is 32.5 Å². The summed E-state index contributed by atoms with van der Waals surface area (Å²) in [5.74, 6) is -1.30. The van der Waals surface area contributed by atoms with Crippen molar-refractivity contribution in [1.82, 2.24) is 30.2 Å². The van der Waals surface area contributed by atoms with Crippen molar-refractivity contribution in [2.24, 2.45) is 5.41 Å². The quantitative estimate of drug-likeness (QED) is 0.0436. The standard InChI is InChI=1S/C32H48N7O18P3S/c1-31(2,27(44)30(45)35-10-9-22(41)34-11-12-61-23(42)14-20(40)13-19-7-5-4-6-8-19)16-54-60(51,52)57-59(49,50)53-15-21-25(56-58(46,47)48)26(43)32(3,55-21)39-18-38-24-28(33)36-17-37-29(24)39/h4-8,17-18,20-21,25-27,40,43-44H,9-16H2,1-3H3,(H,34,41)(H,35,45)(H,49,50)(H,51,52)(H2,33,36,37)(H2,46,47,48). The van der Waals surface area contributed by atoms with E-state index >= 15 is 0 Å². The molecule has 0 bridgehead atoms. The third kappa shape index (κ3) is 14.6. The normalized spacial score (nSPS) is 22.6. The average molecular weight is 944 g/mol. The molecule has 2 amide bonds. The number of hydrogen-bond acceptors (Lipinski definition) is 19. The van der Waals surface area contributed by atoms with Crippen molar-refractivity contribution < 1.29 is 85.6 Å². The number of aliphatic hydroxyl groups is 3. The molecule has 29 heteroatoms. The third-order valence-corrected chi connectivity index (χ3v) is 13.0. The van der Waals surface area contributed by atoms with E-state index in [9.17, 15) is 63.0 Å². The molecule has 1 aromatic carbocycles. The smallest absolute Gasteiger partial charge is 0.392 e. The van der Waals surface area contributed by atoms with Gasteiger partial charge in [0.1, 0.15) is 36.3 Å². The SMILES string of the molecule is CC(C)(COP(=O)(O)OP(=O)(O)OCC1OC(C)(n2cnc3c(N)ncnc32)C(O)C1OP(=O)(O)O)C(O)C(=O)NCCC(=O)NCCSC(=O)CC(O)Cc1ccccc1. The number of aliphatic hydroxyl groups excluding tert-OH is 3. The molecule has 1 saturated heterocycles. The number of benzene rings is 1. The predicted molar refractivity (Wildman–Crippen MR) is 212 cm³/mol. The molecule has 1 aliphatic heterocycles. The molecule has 0 aliphatic carbocycles. The zero-order chi connectivity index (χ0) is 45.4. The molecule has 11 N–H and O–H groups in total. The monoisotopic (exact) mass is 943 g/mol. The lowest BCUT2D eigenvalue weighted by molar-refractivity contribution is -0.137. The van der Waals surface area contributed by atoms with Gasteiger partial charge in [-0.05, 0) is 18.9 Å². The van der Waals surface area contributed by atoms with Gasteiger partial charge in [0, 0.05) is 37.1 Å². The Bertz CT molecular complexity index is 2150. The molecule has 25 nitrogen and oxygen atoms in total. The average Bonchev–Trinajstić information content (AvgIpc) is 3.71. The van der Waals surface area contributed by atoms with E-state index in [-0.39, 0.29) is 53.8 Å². The number of anilines is 1. The first-order chi connectivity index (χ1) is 28.3. The Labute approximate surface area is 352 Å². The van der Waals surface area contributed by atoms with Gasteiger partial charge in [0.05, 0.1) is 25.6 Å². The van der Waals surface area contributed by atoms with Crippen LogP contribution >= 0.6 is 35.2 Å². The maximum Gasteiger partial charge on any atom is 0.481 e. The zero-order valence-electron chi connectivity index (χ0n) is 32.8. The number of ether oxygens (including phenoxy) is 1. The number of phosphoric ester groups is 3. The van der Waals surface area contributed by atoms with Gasteiger partial charge >= 0.3 is 23.5 Å². The van der Waals surface area contributed by atoms with Crippen LogP contribution in [-0.4, -0.2) is 134 Å². The summed E-state index contributed by atoms with van der Waals surface area (Å²) in [6, 6.07) is 9.19. The summed E-state index contributed by atoms with van der Waals surface area (Å²) < 4.78 is 62.8. The molecular formula is C32H48N7O18P3S. The number of nitrogens with zero attached hydrogens (tertiary/aromatic N) is 4. The second-order valence-electron chi connectivity index (χ2n) is 14.4. The van der Waals surface area contributed by atoms with Gasteiger partial charge in [-0.2, -0.15) is 4.31 Å². The topological polar surface area (TPSA) is 384 Å². The maximum absolute atomic E-state index is 12.8. The number of aromatic nitrogens is 4. The fourth-order valence-electron chi connectivity index (χ4n) is 5.82. The number of nitrogen functional groups attached to an aromatic ring is 1. The van der Waals surface area contributed by atoms with Crippen LogP contribution in [-0.2, 0) is 62.8 Å². The van der Waals surface area contributed by atoms with Gasteiger partial charge in [0.15, 0.2) is 22.3 Å². The van der Waals surface area contributed by atoms with Crippen LogP contribution in [0.15, 0.2) is 43.0 Å².